The lowest BCUT2D eigenvalue weighted by Gasteiger charge is -2.27. The summed E-state index contributed by atoms with van der Waals surface area (Å²) in [5.74, 6) is 1.68. The van der Waals surface area contributed by atoms with Crippen LogP contribution >= 0.6 is 0 Å². The molecular weight excluding hydrogens is 242 g/mol. The summed E-state index contributed by atoms with van der Waals surface area (Å²) in [6, 6.07) is 4.19. The van der Waals surface area contributed by atoms with E-state index in [1.54, 1.807) is 0 Å². The predicted molar refractivity (Wildman–Crippen MR) is 74.7 cm³/mol. The number of pyridine rings is 1. The van der Waals surface area contributed by atoms with Crippen LogP contribution in [-0.4, -0.2) is 51.0 Å². The Morgan fingerprint density at radius 1 is 1.21 bits per heavy atom. The Labute approximate surface area is 113 Å². The molecule has 3 heterocycles. The summed E-state index contributed by atoms with van der Waals surface area (Å²) in [5, 5.41) is 3.43. The van der Waals surface area contributed by atoms with Crippen LogP contribution in [-0.2, 0) is 9.47 Å². The second-order valence-corrected chi connectivity index (χ2v) is 5.12. The van der Waals surface area contributed by atoms with Gasteiger partial charge >= 0.3 is 0 Å². The highest BCUT2D eigenvalue weighted by Gasteiger charge is 2.15. The highest BCUT2D eigenvalue weighted by atomic mass is 16.5. The number of nitrogens with one attached hydrogen (secondary N) is 1. The van der Waals surface area contributed by atoms with Crippen molar-refractivity contribution < 1.29 is 9.47 Å². The number of aromatic nitrogens is 1. The molecule has 0 saturated carbocycles. The third kappa shape index (κ3) is 3.36. The fourth-order valence-electron chi connectivity index (χ4n) is 2.48. The molecule has 0 amide bonds. The third-order valence-electron chi connectivity index (χ3n) is 3.70. The van der Waals surface area contributed by atoms with Gasteiger partial charge in [0.2, 0.25) is 0 Å². The van der Waals surface area contributed by atoms with E-state index in [2.05, 4.69) is 27.3 Å². The zero-order valence-electron chi connectivity index (χ0n) is 11.2. The number of hydrogen-bond donors (Lipinski definition) is 1. The Kier molecular flexibility index (Phi) is 4.15. The molecule has 1 unspecified atom stereocenters. The van der Waals surface area contributed by atoms with E-state index in [0.717, 1.165) is 64.0 Å². The van der Waals surface area contributed by atoms with Gasteiger partial charge in [-0.3, -0.25) is 0 Å². The topological polar surface area (TPSA) is 46.6 Å². The van der Waals surface area contributed by atoms with Crippen LogP contribution in [0.5, 0.6) is 0 Å². The van der Waals surface area contributed by atoms with Crippen LogP contribution in [0.3, 0.4) is 0 Å². The average Bonchev–Trinajstić information content (AvgIpc) is 3.00. The molecule has 2 fully saturated rings. The predicted octanol–water partition coefficient (Wildman–Crippen LogP) is 1.37. The lowest BCUT2D eigenvalue weighted by atomic mass is 10.1. The first kappa shape index (κ1) is 12.7. The first-order valence-electron chi connectivity index (χ1n) is 7.02. The summed E-state index contributed by atoms with van der Waals surface area (Å²) in [6.07, 6.45) is 3.08. The zero-order valence-corrected chi connectivity index (χ0v) is 11.2. The summed E-state index contributed by atoms with van der Waals surface area (Å²) in [7, 11) is 0. The molecule has 0 spiro atoms. The molecular formula is C14H21N3O2. The van der Waals surface area contributed by atoms with Gasteiger partial charge in [-0.1, -0.05) is 0 Å². The van der Waals surface area contributed by atoms with Gasteiger partial charge in [0, 0.05) is 32.2 Å². The molecule has 1 N–H and O–H groups in total. The van der Waals surface area contributed by atoms with Crippen molar-refractivity contribution in [2.45, 2.75) is 6.42 Å². The van der Waals surface area contributed by atoms with E-state index in [4.69, 9.17) is 9.47 Å². The molecule has 2 saturated heterocycles. The van der Waals surface area contributed by atoms with E-state index in [9.17, 15) is 0 Å². The van der Waals surface area contributed by atoms with Crippen LogP contribution in [0.15, 0.2) is 18.3 Å². The van der Waals surface area contributed by atoms with Crippen LogP contribution in [0.2, 0.25) is 0 Å². The lowest BCUT2D eigenvalue weighted by Crippen LogP contribution is -2.36. The summed E-state index contributed by atoms with van der Waals surface area (Å²) in [6.45, 7) is 6.20. The largest absolute Gasteiger partial charge is 0.383 e. The number of ether oxygens (including phenoxy) is 2. The number of hydrogen-bond acceptors (Lipinski definition) is 5. The summed E-state index contributed by atoms with van der Waals surface area (Å²) < 4.78 is 10.7. The Hall–Kier alpha value is -1.33. The van der Waals surface area contributed by atoms with Crippen molar-refractivity contribution in [1.29, 1.82) is 0 Å². The molecule has 104 valence electrons. The van der Waals surface area contributed by atoms with Crippen LogP contribution in [0.4, 0.5) is 11.5 Å². The molecule has 5 nitrogen and oxygen atoms in total. The van der Waals surface area contributed by atoms with E-state index in [-0.39, 0.29) is 0 Å². The average molecular weight is 263 g/mol. The molecule has 1 aromatic heterocycles. The molecule has 19 heavy (non-hydrogen) atoms. The van der Waals surface area contributed by atoms with Crippen LogP contribution in [0.25, 0.3) is 0 Å². The molecule has 2 aliphatic rings. The highest BCUT2D eigenvalue weighted by molar-refractivity contribution is 5.48. The Bertz CT molecular complexity index is 384. The zero-order chi connectivity index (χ0) is 12.9. The normalized spacial score (nSPS) is 23.6. The van der Waals surface area contributed by atoms with Gasteiger partial charge in [0.25, 0.3) is 0 Å². The van der Waals surface area contributed by atoms with Crippen molar-refractivity contribution in [3.05, 3.63) is 18.3 Å². The van der Waals surface area contributed by atoms with Crippen molar-refractivity contribution in [2.75, 3.05) is 56.3 Å². The van der Waals surface area contributed by atoms with Crippen molar-refractivity contribution in [3.63, 3.8) is 0 Å². The number of rotatable bonds is 4. The maximum atomic E-state index is 5.37. The molecule has 0 bridgehead atoms. The van der Waals surface area contributed by atoms with Gasteiger partial charge in [0.05, 0.1) is 31.7 Å². The van der Waals surface area contributed by atoms with Crippen LogP contribution in [0.1, 0.15) is 6.42 Å². The maximum absolute atomic E-state index is 5.37. The van der Waals surface area contributed by atoms with Gasteiger partial charge in [-0.2, -0.15) is 0 Å². The van der Waals surface area contributed by atoms with E-state index < -0.39 is 0 Å². The van der Waals surface area contributed by atoms with Crippen LogP contribution in [0, 0.1) is 5.92 Å². The molecule has 3 rings (SSSR count). The quantitative estimate of drug-likeness (QED) is 0.889. The van der Waals surface area contributed by atoms with Gasteiger partial charge in [-0.25, -0.2) is 4.98 Å². The Morgan fingerprint density at radius 3 is 2.79 bits per heavy atom. The minimum atomic E-state index is 0.638. The van der Waals surface area contributed by atoms with E-state index >= 15 is 0 Å². The number of morpholine rings is 1. The van der Waals surface area contributed by atoms with Gasteiger partial charge < -0.3 is 19.7 Å². The van der Waals surface area contributed by atoms with Gasteiger partial charge in [-0.15, -0.1) is 0 Å². The van der Waals surface area contributed by atoms with E-state index in [1.807, 2.05) is 6.20 Å². The SMILES string of the molecule is c1cc(N2CCOCC2)ncc1NCC1CCOC1. The molecule has 5 heteroatoms. The first-order valence-corrected chi connectivity index (χ1v) is 7.02. The molecule has 0 aromatic carbocycles. The second kappa shape index (κ2) is 6.21. The fourth-order valence-corrected chi connectivity index (χ4v) is 2.48. The molecule has 0 radical (unpaired) electrons. The summed E-state index contributed by atoms with van der Waals surface area (Å²) >= 11 is 0. The van der Waals surface area contributed by atoms with Crippen molar-refractivity contribution in [3.8, 4) is 0 Å². The molecule has 1 aromatic rings. The van der Waals surface area contributed by atoms with Gasteiger partial charge in [0.15, 0.2) is 0 Å². The first-order chi connectivity index (χ1) is 9.42. The van der Waals surface area contributed by atoms with E-state index in [1.165, 1.54) is 0 Å². The number of anilines is 2. The highest BCUT2D eigenvalue weighted by Crippen LogP contribution is 2.17. The number of nitrogens with zero attached hydrogens (tertiary/aromatic N) is 2. The minimum Gasteiger partial charge on any atom is -0.383 e. The van der Waals surface area contributed by atoms with Gasteiger partial charge in [0.1, 0.15) is 5.82 Å². The van der Waals surface area contributed by atoms with Crippen LogP contribution < -0.4 is 10.2 Å². The Balaban J connectivity index is 1.52. The molecule has 0 aliphatic carbocycles. The van der Waals surface area contributed by atoms with Crippen molar-refractivity contribution in [2.24, 2.45) is 5.92 Å². The van der Waals surface area contributed by atoms with Crippen molar-refractivity contribution >= 4 is 11.5 Å². The lowest BCUT2D eigenvalue weighted by molar-refractivity contribution is 0.122. The standard InChI is InChI=1S/C14H21N3O2/c1-2-14(17-4-7-18-8-5-17)16-10-13(1)15-9-12-3-6-19-11-12/h1-2,10,12,15H,3-9,11H2. The summed E-state index contributed by atoms with van der Waals surface area (Å²) in [4.78, 5) is 6.79. The molecule has 1 atom stereocenters. The third-order valence-corrected chi connectivity index (χ3v) is 3.70. The fraction of sp³-hybridized carbons (Fsp3) is 0.643. The minimum absolute atomic E-state index is 0.638. The monoisotopic (exact) mass is 263 g/mol. The van der Waals surface area contributed by atoms with Crippen molar-refractivity contribution in [1.82, 2.24) is 4.98 Å². The summed E-state index contributed by atoms with van der Waals surface area (Å²) in [5.41, 5.74) is 1.09. The smallest absolute Gasteiger partial charge is 0.128 e. The molecule has 2 aliphatic heterocycles. The Morgan fingerprint density at radius 2 is 2.11 bits per heavy atom. The maximum Gasteiger partial charge on any atom is 0.128 e. The second-order valence-electron chi connectivity index (χ2n) is 5.12. The van der Waals surface area contributed by atoms with E-state index in [0.29, 0.717) is 5.92 Å². The van der Waals surface area contributed by atoms with Gasteiger partial charge in [-0.05, 0) is 18.6 Å².